The van der Waals surface area contributed by atoms with Crippen molar-refractivity contribution in [2.45, 2.75) is 19.9 Å². The number of methoxy groups -OCH3 is 1. The average molecular weight is 290 g/mol. The Morgan fingerprint density at radius 1 is 1.10 bits per heavy atom. The van der Waals surface area contributed by atoms with E-state index in [0.29, 0.717) is 0 Å². The second-order valence-electron chi connectivity index (χ2n) is 4.69. The third-order valence-electron chi connectivity index (χ3n) is 3.18. The molecule has 0 bridgehead atoms. The number of hydrogen-bond donors (Lipinski definition) is 1. The summed E-state index contributed by atoms with van der Waals surface area (Å²) in [4.78, 5) is 0. The van der Waals surface area contributed by atoms with Crippen molar-refractivity contribution >= 4 is 11.6 Å². The average Bonchev–Trinajstić information content (AvgIpc) is 2.49. The molecule has 106 valence electrons. The lowest BCUT2D eigenvalue weighted by molar-refractivity contribution is 0.416. The van der Waals surface area contributed by atoms with E-state index in [1.54, 1.807) is 7.11 Å². The monoisotopic (exact) mass is 289 g/mol. The van der Waals surface area contributed by atoms with Gasteiger partial charge in [0.15, 0.2) is 0 Å². The van der Waals surface area contributed by atoms with Gasteiger partial charge in [0.25, 0.3) is 0 Å². The van der Waals surface area contributed by atoms with Crippen molar-refractivity contribution in [1.82, 2.24) is 5.32 Å². The lowest BCUT2D eigenvalue weighted by Crippen LogP contribution is -2.13. The Hall–Kier alpha value is -1.51. The van der Waals surface area contributed by atoms with Crippen LogP contribution in [-0.2, 0) is 6.54 Å². The summed E-state index contributed by atoms with van der Waals surface area (Å²) < 4.78 is 5.42. The summed E-state index contributed by atoms with van der Waals surface area (Å²) in [6, 6.07) is 14.1. The van der Waals surface area contributed by atoms with Crippen molar-refractivity contribution in [1.29, 1.82) is 0 Å². The summed E-state index contributed by atoms with van der Waals surface area (Å²) in [5.41, 5.74) is 3.26. The molecule has 0 spiro atoms. The highest BCUT2D eigenvalue weighted by atomic mass is 35.5. The predicted molar refractivity (Wildman–Crippen MR) is 85.4 cm³/mol. The molecular weight excluding hydrogens is 270 g/mol. The van der Waals surface area contributed by atoms with E-state index in [4.69, 9.17) is 16.3 Å². The topological polar surface area (TPSA) is 21.3 Å². The minimum Gasteiger partial charge on any atom is -0.496 e. The molecule has 0 aromatic heterocycles. The normalized spacial score (nSPS) is 10.6. The highest BCUT2D eigenvalue weighted by Crippen LogP contribution is 2.35. The Balaban J connectivity index is 2.32. The summed E-state index contributed by atoms with van der Waals surface area (Å²) >= 11 is 6.35. The van der Waals surface area contributed by atoms with Gasteiger partial charge in [-0.25, -0.2) is 0 Å². The molecule has 20 heavy (non-hydrogen) atoms. The molecule has 0 radical (unpaired) electrons. The van der Waals surface area contributed by atoms with Gasteiger partial charge in [0.05, 0.1) is 7.11 Å². The Morgan fingerprint density at radius 2 is 1.90 bits per heavy atom. The third-order valence-corrected chi connectivity index (χ3v) is 3.51. The van der Waals surface area contributed by atoms with Crippen LogP contribution in [0.3, 0.4) is 0 Å². The summed E-state index contributed by atoms with van der Waals surface area (Å²) in [6.07, 6.45) is 1.13. The van der Waals surface area contributed by atoms with E-state index in [-0.39, 0.29) is 0 Å². The van der Waals surface area contributed by atoms with Crippen LogP contribution >= 0.6 is 11.6 Å². The highest BCUT2D eigenvalue weighted by molar-refractivity contribution is 6.33. The first-order valence-electron chi connectivity index (χ1n) is 6.88. The molecule has 0 saturated heterocycles. The molecule has 0 aliphatic carbocycles. The number of halogens is 1. The molecule has 3 heteroatoms. The Kier molecular flexibility index (Phi) is 5.45. The zero-order valence-corrected chi connectivity index (χ0v) is 12.7. The van der Waals surface area contributed by atoms with E-state index >= 15 is 0 Å². The molecule has 2 rings (SSSR count). The minimum absolute atomic E-state index is 0.744. The molecule has 0 heterocycles. The van der Waals surface area contributed by atoms with Crippen LogP contribution in [0.25, 0.3) is 11.1 Å². The summed E-state index contributed by atoms with van der Waals surface area (Å²) in [5, 5.41) is 4.15. The van der Waals surface area contributed by atoms with Gasteiger partial charge in [-0.15, -0.1) is 0 Å². The smallest absolute Gasteiger partial charge is 0.126 e. The van der Waals surface area contributed by atoms with Crippen molar-refractivity contribution in [3.05, 3.63) is 53.1 Å². The van der Waals surface area contributed by atoms with E-state index < -0.39 is 0 Å². The second kappa shape index (κ2) is 7.32. The zero-order valence-electron chi connectivity index (χ0n) is 11.9. The molecule has 2 aromatic rings. The van der Waals surface area contributed by atoms with E-state index in [1.165, 1.54) is 5.56 Å². The van der Waals surface area contributed by atoms with Gasteiger partial charge in [0.1, 0.15) is 5.75 Å². The molecule has 0 fully saturated rings. The number of nitrogens with one attached hydrogen (secondary N) is 1. The number of hydrogen-bond acceptors (Lipinski definition) is 2. The number of rotatable bonds is 6. The molecule has 0 aliphatic heterocycles. The SMILES string of the molecule is CCCNCc1ccc(Cl)c(-c2ccccc2OC)c1. The van der Waals surface area contributed by atoms with E-state index in [0.717, 1.165) is 41.4 Å². The van der Waals surface area contributed by atoms with Crippen molar-refractivity contribution in [2.24, 2.45) is 0 Å². The molecule has 0 unspecified atom stereocenters. The van der Waals surface area contributed by atoms with Gasteiger partial charge in [-0.05, 0) is 36.7 Å². The van der Waals surface area contributed by atoms with Gasteiger partial charge >= 0.3 is 0 Å². The Bertz CT molecular complexity index is 569. The predicted octanol–water partition coefficient (Wildman–Crippen LogP) is 4.52. The van der Waals surface area contributed by atoms with Crippen LogP contribution in [0.5, 0.6) is 5.75 Å². The van der Waals surface area contributed by atoms with Gasteiger partial charge < -0.3 is 10.1 Å². The maximum atomic E-state index is 6.35. The Morgan fingerprint density at radius 3 is 2.65 bits per heavy atom. The quantitative estimate of drug-likeness (QED) is 0.790. The van der Waals surface area contributed by atoms with Crippen LogP contribution in [-0.4, -0.2) is 13.7 Å². The van der Waals surface area contributed by atoms with Crippen molar-refractivity contribution in [3.63, 3.8) is 0 Å². The van der Waals surface area contributed by atoms with Crippen LogP contribution < -0.4 is 10.1 Å². The van der Waals surface area contributed by atoms with Crippen molar-refractivity contribution in [2.75, 3.05) is 13.7 Å². The van der Waals surface area contributed by atoms with Crippen LogP contribution in [0.4, 0.5) is 0 Å². The van der Waals surface area contributed by atoms with Gasteiger partial charge in [0.2, 0.25) is 0 Å². The van der Waals surface area contributed by atoms with Crippen LogP contribution in [0, 0.1) is 0 Å². The van der Waals surface area contributed by atoms with Crippen LogP contribution in [0.15, 0.2) is 42.5 Å². The van der Waals surface area contributed by atoms with Crippen molar-refractivity contribution < 1.29 is 4.74 Å². The van der Waals surface area contributed by atoms with Gasteiger partial charge in [-0.3, -0.25) is 0 Å². The fraction of sp³-hybridized carbons (Fsp3) is 0.294. The first kappa shape index (κ1) is 14.9. The molecule has 0 saturated carbocycles. The fourth-order valence-corrected chi connectivity index (χ4v) is 2.38. The first-order chi connectivity index (χ1) is 9.76. The van der Waals surface area contributed by atoms with E-state index in [1.807, 2.05) is 30.3 Å². The fourth-order valence-electron chi connectivity index (χ4n) is 2.17. The third kappa shape index (κ3) is 3.53. The molecule has 0 amide bonds. The van der Waals surface area contributed by atoms with Gasteiger partial charge in [0, 0.05) is 22.7 Å². The largest absolute Gasteiger partial charge is 0.496 e. The molecule has 0 aliphatic rings. The summed E-state index contributed by atoms with van der Waals surface area (Å²) in [6.45, 7) is 4.04. The maximum absolute atomic E-state index is 6.35. The molecule has 2 aromatic carbocycles. The molecule has 0 atom stereocenters. The minimum atomic E-state index is 0.744. The van der Waals surface area contributed by atoms with E-state index in [2.05, 4.69) is 24.4 Å². The highest BCUT2D eigenvalue weighted by Gasteiger charge is 2.09. The van der Waals surface area contributed by atoms with Crippen molar-refractivity contribution in [3.8, 4) is 16.9 Å². The Labute approximate surface area is 125 Å². The lowest BCUT2D eigenvalue weighted by Gasteiger charge is -2.12. The van der Waals surface area contributed by atoms with E-state index in [9.17, 15) is 0 Å². The first-order valence-corrected chi connectivity index (χ1v) is 7.26. The molecule has 2 nitrogen and oxygen atoms in total. The summed E-state index contributed by atoms with van der Waals surface area (Å²) in [5.74, 6) is 0.841. The maximum Gasteiger partial charge on any atom is 0.126 e. The molecular formula is C17H20ClNO. The van der Waals surface area contributed by atoms with Gasteiger partial charge in [-0.2, -0.15) is 0 Å². The van der Waals surface area contributed by atoms with Crippen LogP contribution in [0.1, 0.15) is 18.9 Å². The number of para-hydroxylation sites is 1. The zero-order chi connectivity index (χ0) is 14.4. The number of ether oxygens (including phenoxy) is 1. The summed E-state index contributed by atoms with van der Waals surface area (Å²) in [7, 11) is 1.68. The second-order valence-corrected chi connectivity index (χ2v) is 5.10. The van der Waals surface area contributed by atoms with Gasteiger partial charge in [-0.1, -0.05) is 42.8 Å². The molecule has 1 N–H and O–H groups in total. The standard InChI is InChI=1S/C17H20ClNO/c1-3-10-19-12-13-8-9-16(18)15(11-13)14-6-4-5-7-17(14)20-2/h4-9,11,19H,3,10,12H2,1-2H3. The van der Waals surface area contributed by atoms with Crippen LogP contribution in [0.2, 0.25) is 5.02 Å². The lowest BCUT2D eigenvalue weighted by atomic mass is 10.0. The number of benzene rings is 2.